The summed E-state index contributed by atoms with van der Waals surface area (Å²) < 4.78 is 1.92. The molecule has 20 heavy (non-hydrogen) atoms. The zero-order valence-corrected chi connectivity index (χ0v) is 12.6. The lowest BCUT2D eigenvalue weighted by Crippen LogP contribution is -2.30. The lowest BCUT2D eigenvalue weighted by Gasteiger charge is -2.25. The standard InChI is InChI=1S/C16H22N4/c1-16(2,3)15-18-14(20(4)19-15)13-9-11-7-5-6-8-12(11)10-17-13/h5-8,13,17H,9-10H2,1-4H3. The van der Waals surface area contributed by atoms with Crippen molar-refractivity contribution in [3.63, 3.8) is 0 Å². The van der Waals surface area contributed by atoms with Gasteiger partial charge < -0.3 is 5.32 Å². The second-order valence-electron chi connectivity index (χ2n) is 6.57. The van der Waals surface area contributed by atoms with E-state index in [0.29, 0.717) is 0 Å². The van der Waals surface area contributed by atoms with E-state index in [1.807, 2.05) is 11.7 Å². The number of nitrogens with one attached hydrogen (secondary N) is 1. The molecule has 1 atom stereocenters. The van der Waals surface area contributed by atoms with Crippen LogP contribution in [0.5, 0.6) is 0 Å². The highest BCUT2D eigenvalue weighted by molar-refractivity contribution is 5.31. The van der Waals surface area contributed by atoms with Crippen molar-refractivity contribution in [1.82, 2.24) is 20.1 Å². The summed E-state index contributed by atoms with van der Waals surface area (Å²) >= 11 is 0. The highest BCUT2D eigenvalue weighted by Gasteiger charge is 2.27. The number of nitrogens with zero attached hydrogens (tertiary/aromatic N) is 3. The number of hydrogen-bond acceptors (Lipinski definition) is 3. The van der Waals surface area contributed by atoms with Crippen LogP contribution in [0.1, 0.15) is 49.6 Å². The zero-order chi connectivity index (χ0) is 14.3. The minimum Gasteiger partial charge on any atom is -0.303 e. The average molecular weight is 270 g/mol. The second-order valence-corrected chi connectivity index (χ2v) is 6.57. The van der Waals surface area contributed by atoms with E-state index in [2.05, 4.69) is 55.5 Å². The largest absolute Gasteiger partial charge is 0.303 e. The van der Waals surface area contributed by atoms with Crippen LogP contribution in [-0.2, 0) is 25.4 Å². The molecule has 1 aliphatic rings. The van der Waals surface area contributed by atoms with Crippen LogP contribution < -0.4 is 5.32 Å². The summed E-state index contributed by atoms with van der Waals surface area (Å²) in [6.07, 6.45) is 0.978. The Morgan fingerprint density at radius 1 is 1.20 bits per heavy atom. The maximum absolute atomic E-state index is 4.77. The molecule has 3 rings (SSSR count). The fourth-order valence-corrected chi connectivity index (χ4v) is 2.65. The molecular weight excluding hydrogens is 248 g/mol. The summed E-state index contributed by atoms with van der Waals surface area (Å²) in [5.41, 5.74) is 2.79. The summed E-state index contributed by atoms with van der Waals surface area (Å²) in [7, 11) is 1.99. The van der Waals surface area contributed by atoms with Gasteiger partial charge in [-0.2, -0.15) is 5.10 Å². The van der Waals surface area contributed by atoms with Gasteiger partial charge >= 0.3 is 0 Å². The fourth-order valence-electron chi connectivity index (χ4n) is 2.65. The van der Waals surface area contributed by atoms with E-state index < -0.39 is 0 Å². The Morgan fingerprint density at radius 2 is 1.90 bits per heavy atom. The van der Waals surface area contributed by atoms with Crippen LogP contribution in [-0.4, -0.2) is 14.8 Å². The minimum absolute atomic E-state index is 0.0113. The maximum atomic E-state index is 4.77. The molecule has 106 valence electrons. The molecule has 2 heterocycles. The molecule has 0 saturated carbocycles. The van der Waals surface area contributed by atoms with Crippen LogP contribution in [0.15, 0.2) is 24.3 Å². The van der Waals surface area contributed by atoms with Gasteiger partial charge in [-0.15, -0.1) is 0 Å². The molecule has 1 N–H and O–H groups in total. The van der Waals surface area contributed by atoms with E-state index in [4.69, 9.17) is 4.98 Å². The first-order valence-corrected chi connectivity index (χ1v) is 7.17. The van der Waals surface area contributed by atoms with Gasteiger partial charge in [-0.05, 0) is 17.5 Å². The zero-order valence-electron chi connectivity index (χ0n) is 12.6. The van der Waals surface area contributed by atoms with Crippen molar-refractivity contribution in [2.45, 2.75) is 45.2 Å². The monoisotopic (exact) mass is 270 g/mol. The van der Waals surface area contributed by atoms with Gasteiger partial charge in [-0.25, -0.2) is 4.98 Å². The number of fused-ring (bicyclic) bond motifs is 1. The van der Waals surface area contributed by atoms with Gasteiger partial charge in [0.1, 0.15) is 5.82 Å². The van der Waals surface area contributed by atoms with Crippen molar-refractivity contribution in [2.24, 2.45) is 7.05 Å². The maximum Gasteiger partial charge on any atom is 0.156 e. The quantitative estimate of drug-likeness (QED) is 0.866. The van der Waals surface area contributed by atoms with Crippen LogP contribution in [0.25, 0.3) is 0 Å². The van der Waals surface area contributed by atoms with Crippen LogP contribution in [0.2, 0.25) is 0 Å². The third kappa shape index (κ3) is 2.36. The molecule has 0 fully saturated rings. The van der Waals surface area contributed by atoms with E-state index in [1.54, 1.807) is 0 Å². The first kappa shape index (κ1) is 13.3. The van der Waals surface area contributed by atoms with Gasteiger partial charge in [0, 0.05) is 19.0 Å². The highest BCUT2D eigenvalue weighted by Crippen LogP contribution is 2.26. The Kier molecular flexibility index (Phi) is 3.13. The van der Waals surface area contributed by atoms with Crippen molar-refractivity contribution >= 4 is 0 Å². The molecule has 0 spiro atoms. The SMILES string of the molecule is Cn1nc(C(C)(C)C)nc1C1Cc2ccccc2CN1. The molecule has 1 unspecified atom stereocenters. The Morgan fingerprint density at radius 3 is 2.55 bits per heavy atom. The van der Waals surface area contributed by atoms with E-state index in [1.165, 1.54) is 11.1 Å². The van der Waals surface area contributed by atoms with Crippen molar-refractivity contribution in [3.8, 4) is 0 Å². The van der Waals surface area contributed by atoms with Crippen molar-refractivity contribution in [3.05, 3.63) is 47.0 Å². The van der Waals surface area contributed by atoms with E-state index in [-0.39, 0.29) is 11.5 Å². The molecule has 0 radical (unpaired) electrons. The molecule has 0 bridgehead atoms. The van der Waals surface area contributed by atoms with Crippen molar-refractivity contribution in [2.75, 3.05) is 0 Å². The molecule has 4 heteroatoms. The predicted molar refractivity (Wildman–Crippen MR) is 79.4 cm³/mol. The first-order chi connectivity index (χ1) is 9.45. The van der Waals surface area contributed by atoms with Gasteiger partial charge in [0.25, 0.3) is 0 Å². The third-order valence-electron chi connectivity index (χ3n) is 3.86. The summed E-state index contributed by atoms with van der Waals surface area (Å²) in [6, 6.07) is 8.86. The topological polar surface area (TPSA) is 42.7 Å². The number of benzene rings is 1. The molecule has 0 aliphatic carbocycles. The Hall–Kier alpha value is -1.68. The second kappa shape index (κ2) is 4.70. The minimum atomic E-state index is -0.0113. The summed E-state index contributed by atoms with van der Waals surface area (Å²) in [4.78, 5) is 4.77. The Balaban J connectivity index is 1.90. The van der Waals surface area contributed by atoms with Gasteiger partial charge in [0.15, 0.2) is 5.82 Å². The van der Waals surface area contributed by atoms with E-state index in [0.717, 1.165) is 24.6 Å². The highest BCUT2D eigenvalue weighted by atomic mass is 15.3. The van der Waals surface area contributed by atoms with E-state index in [9.17, 15) is 0 Å². The van der Waals surface area contributed by atoms with Gasteiger partial charge in [0.2, 0.25) is 0 Å². The van der Waals surface area contributed by atoms with Crippen LogP contribution in [0.4, 0.5) is 0 Å². The number of rotatable bonds is 1. The molecule has 1 aliphatic heterocycles. The van der Waals surface area contributed by atoms with Gasteiger partial charge in [-0.1, -0.05) is 45.0 Å². The molecule has 0 saturated heterocycles. The first-order valence-electron chi connectivity index (χ1n) is 7.17. The van der Waals surface area contributed by atoms with Crippen LogP contribution >= 0.6 is 0 Å². The molecule has 4 nitrogen and oxygen atoms in total. The lowest BCUT2D eigenvalue weighted by molar-refractivity contribution is 0.457. The average Bonchev–Trinajstić information content (AvgIpc) is 2.80. The Bertz CT molecular complexity index is 622. The van der Waals surface area contributed by atoms with Crippen LogP contribution in [0, 0.1) is 0 Å². The lowest BCUT2D eigenvalue weighted by atomic mass is 9.95. The summed E-state index contributed by atoms with van der Waals surface area (Å²) in [6.45, 7) is 7.35. The van der Waals surface area contributed by atoms with Crippen LogP contribution in [0.3, 0.4) is 0 Å². The molecule has 1 aromatic heterocycles. The summed E-state index contributed by atoms with van der Waals surface area (Å²) in [5.74, 6) is 1.94. The molecule has 2 aromatic rings. The van der Waals surface area contributed by atoms with Crippen molar-refractivity contribution in [1.29, 1.82) is 0 Å². The molecule has 0 amide bonds. The van der Waals surface area contributed by atoms with Gasteiger partial charge in [0.05, 0.1) is 6.04 Å². The van der Waals surface area contributed by atoms with E-state index >= 15 is 0 Å². The summed E-state index contributed by atoms with van der Waals surface area (Å²) in [5, 5.41) is 8.15. The predicted octanol–water partition coefficient (Wildman–Crippen LogP) is 2.50. The molecule has 1 aromatic carbocycles. The van der Waals surface area contributed by atoms with Gasteiger partial charge in [-0.3, -0.25) is 4.68 Å². The molecular formula is C16H22N4. The third-order valence-corrected chi connectivity index (χ3v) is 3.86. The number of aryl methyl sites for hydroxylation is 1. The number of aromatic nitrogens is 3. The normalized spacial score (nSPS) is 18.9. The smallest absolute Gasteiger partial charge is 0.156 e. The fraction of sp³-hybridized carbons (Fsp3) is 0.500. The number of hydrogen-bond donors (Lipinski definition) is 1. The Labute approximate surface area is 120 Å². The van der Waals surface area contributed by atoms with Crippen molar-refractivity contribution < 1.29 is 0 Å².